The number of hydrogen-bond donors (Lipinski definition) is 1. The van der Waals surface area contributed by atoms with Gasteiger partial charge in [0.05, 0.1) is 18.3 Å². The van der Waals surface area contributed by atoms with Crippen LogP contribution in [0.5, 0.6) is 0 Å². The minimum Gasteiger partial charge on any atom is -0.386 e. The highest BCUT2D eigenvalue weighted by Gasteiger charge is 2.57. The van der Waals surface area contributed by atoms with Gasteiger partial charge in [0.1, 0.15) is 11.5 Å². The van der Waals surface area contributed by atoms with Crippen LogP contribution in [-0.4, -0.2) is 17.3 Å². The second kappa shape index (κ2) is 4.34. The van der Waals surface area contributed by atoms with E-state index >= 15 is 0 Å². The number of nitrogens with zero attached hydrogens (tertiary/aromatic N) is 1. The van der Waals surface area contributed by atoms with Crippen LogP contribution in [0.2, 0.25) is 0 Å². The Bertz CT molecular complexity index is 492. The second-order valence-electron chi connectivity index (χ2n) is 5.24. The molecule has 96 valence electrons. The molecule has 4 atom stereocenters. The van der Waals surface area contributed by atoms with Crippen LogP contribution in [0, 0.1) is 16.7 Å². The molecule has 0 amide bonds. The van der Waals surface area contributed by atoms with Crippen molar-refractivity contribution in [3.05, 3.63) is 21.9 Å². The van der Waals surface area contributed by atoms with E-state index in [1.807, 2.05) is 12.1 Å². The van der Waals surface area contributed by atoms with Crippen LogP contribution in [0.3, 0.4) is 0 Å². The van der Waals surface area contributed by atoms with Crippen LogP contribution < -0.4 is 0 Å². The minimum atomic E-state index is -0.723. The summed E-state index contributed by atoms with van der Waals surface area (Å²) in [6.45, 7) is 2.10. The van der Waals surface area contributed by atoms with Gasteiger partial charge in [-0.2, -0.15) is 5.26 Å². The maximum Gasteiger partial charge on any atom is 0.117 e. The fourth-order valence-corrected chi connectivity index (χ4v) is 4.24. The van der Waals surface area contributed by atoms with E-state index in [-0.39, 0.29) is 12.2 Å². The Hall–Kier alpha value is -0.890. The maximum absolute atomic E-state index is 10.6. The average Bonchev–Trinajstić information content (AvgIpc) is 3.12. The molecule has 1 aromatic heterocycles. The van der Waals surface area contributed by atoms with Crippen molar-refractivity contribution in [2.45, 2.75) is 50.9 Å². The lowest BCUT2D eigenvalue weighted by atomic mass is 9.71. The van der Waals surface area contributed by atoms with Crippen molar-refractivity contribution in [3.63, 3.8) is 0 Å². The Labute approximate surface area is 111 Å². The number of hydrogen-bond acceptors (Lipinski definition) is 4. The molecule has 0 aromatic carbocycles. The summed E-state index contributed by atoms with van der Waals surface area (Å²) in [5.74, 6) is 0. The van der Waals surface area contributed by atoms with Crippen LogP contribution in [0.25, 0.3) is 0 Å². The van der Waals surface area contributed by atoms with Gasteiger partial charge in [0.25, 0.3) is 0 Å². The number of aryl methyl sites for hydroxylation is 1. The van der Waals surface area contributed by atoms with Crippen molar-refractivity contribution in [1.29, 1.82) is 5.26 Å². The Kier molecular flexibility index (Phi) is 2.93. The summed E-state index contributed by atoms with van der Waals surface area (Å²) in [5.41, 5.74) is -0.723. The van der Waals surface area contributed by atoms with E-state index in [2.05, 4.69) is 13.0 Å². The minimum absolute atomic E-state index is 0.0883. The largest absolute Gasteiger partial charge is 0.386 e. The van der Waals surface area contributed by atoms with Gasteiger partial charge in [-0.3, -0.25) is 0 Å². The zero-order valence-electron chi connectivity index (χ0n) is 10.4. The highest BCUT2D eigenvalue weighted by molar-refractivity contribution is 7.12. The van der Waals surface area contributed by atoms with Crippen LogP contribution in [0.15, 0.2) is 12.1 Å². The normalized spacial score (nSPS) is 35.6. The molecule has 0 aliphatic carbocycles. The van der Waals surface area contributed by atoms with Gasteiger partial charge in [-0.15, -0.1) is 11.3 Å². The van der Waals surface area contributed by atoms with Crippen molar-refractivity contribution < 1.29 is 9.84 Å². The summed E-state index contributed by atoms with van der Waals surface area (Å²) in [6, 6.07) is 6.37. The first-order valence-electron chi connectivity index (χ1n) is 6.53. The van der Waals surface area contributed by atoms with E-state index in [1.165, 1.54) is 4.88 Å². The number of aliphatic hydroxyl groups excluding tert-OH is 1. The Balaban J connectivity index is 1.91. The molecule has 18 heavy (non-hydrogen) atoms. The smallest absolute Gasteiger partial charge is 0.117 e. The van der Waals surface area contributed by atoms with E-state index in [4.69, 9.17) is 4.74 Å². The van der Waals surface area contributed by atoms with Crippen LogP contribution in [0.4, 0.5) is 0 Å². The zero-order chi connectivity index (χ0) is 12.8. The highest BCUT2D eigenvalue weighted by atomic mass is 32.1. The van der Waals surface area contributed by atoms with Gasteiger partial charge < -0.3 is 9.84 Å². The summed E-state index contributed by atoms with van der Waals surface area (Å²) in [7, 11) is 0. The van der Waals surface area contributed by atoms with E-state index in [0.29, 0.717) is 6.42 Å². The molecule has 0 radical (unpaired) electrons. The molecule has 1 N–H and O–H groups in total. The van der Waals surface area contributed by atoms with Gasteiger partial charge in [-0.25, -0.2) is 0 Å². The third-order valence-corrected chi connectivity index (χ3v) is 5.53. The molecule has 2 saturated heterocycles. The quantitative estimate of drug-likeness (QED) is 0.912. The monoisotopic (exact) mass is 263 g/mol. The Morgan fingerprint density at radius 2 is 2.44 bits per heavy atom. The molecule has 0 saturated carbocycles. The number of aliphatic hydroxyl groups is 1. The van der Waals surface area contributed by atoms with Gasteiger partial charge in [0, 0.05) is 9.75 Å². The summed E-state index contributed by atoms with van der Waals surface area (Å²) in [5, 5.41) is 20.2. The maximum atomic E-state index is 10.6. The zero-order valence-corrected chi connectivity index (χ0v) is 11.2. The summed E-state index contributed by atoms with van der Waals surface area (Å²) < 4.78 is 5.78. The highest BCUT2D eigenvalue weighted by Crippen LogP contribution is 2.54. The lowest BCUT2D eigenvalue weighted by molar-refractivity contribution is 0.00526. The average molecular weight is 263 g/mol. The molecule has 3 heterocycles. The number of nitriles is 1. The first kappa shape index (κ1) is 12.2. The van der Waals surface area contributed by atoms with Gasteiger partial charge in [0.2, 0.25) is 0 Å². The molecule has 2 fully saturated rings. The summed E-state index contributed by atoms with van der Waals surface area (Å²) >= 11 is 1.61. The van der Waals surface area contributed by atoms with E-state index in [9.17, 15) is 10.4 Å². The molecular weight excluding hydrogens is 246 g/mol. The topological polar surface area (TPSA) is 53.2 Å². The number of ether oxygens (including phenoxy) is 1. The molecule has 4 heteroatoms. The van der Waals surface area contributed by atoms with E-state index < -0.39 is 11.5 Å². The Morgan fingerprint density at radius 1 is 1.61 bits per heavy atom. The van der Waals surface area contributed by atoms with Crippen molar-refractivity contribution in [2.75, 3.05) is 0 Å². The molecule has 2 bridgehead atoms. The molecule has 3 rings (SSSR count). The fourth-order valence-electron chi connectivity index (χ4n) is 3.19. The molecule has 2 aliphatic rings. The van der Waals surface area contributed by atoms with Crippen LogP contribution >= 0.6 is 11.3 Å². The van der Waals surface area contributed by atoms with E-state index in [0.717, 1.165) is 24.1 Å². The van der Waals surface area contributed by atoms with Crippen molar-refractivity contribution >= 4 is 11.3 Å². The standard InChI is InChI=1S/C14H17NO2S/c1-2-10-4-5-11(18-10)13(16)14(8-15)7-9-3-6-12(14)17-9/h4-5,9,12-13,16H,2-3,6-7H2,1H3. The molecular formula is C14H17NO2S. The second-order valence-corrected chi connectivity index (χ2v) is 6.44. The molecule has 0 spiro atoms. The van der Waals surface area contributed by atoms with Gasteiger partial charge in [0.15, 0.2) is 0 Å². The number of rotatable bonds is 3. The van der Waals surface area contributed by atoms with Crippen molar-refractivity contribution in [1.82, 2.24) is 0 Å². The summed E-state index contributed by atoms with van der Waals surface area (Å²) in [4.78, 5) is 2.16. The Morgan fingerprint density at radius 3 is 2.94 bits per heavy atom. The molecule has 4 unspecified atom stereocenters. The molecule has 3 nitrogen and oxygen atoms in total. The lowest BCUT2D eigenvalue weighted by Crippen LogP contribution is -2.36. The van der Waals surface area contributed by atoms with Crippen LogP contribution in [-0.2, 0) is 11.2 Å². The number of fused-ring (bicyclic) bond motifs is 2. The van der Waals surface area contributed by atoms with Gasteiger partial charge >= 0.3 is 0 Å². The summed E-state index contributed by atoms with van der Waals surface area (Å²) in [6.07, 6.45) is 2.97. The van der Waals surface area contributed by atoms with E-state index in [1.54, 1.807) is 11.3 Å². The molecule has 2 aliphatic heterocycles. The fraction of sp³-hybridized carbons (Fsp3) is 0.643. The number of thiophene rings is 1. The SMILES string of the molecule is CCc1ccc(C(O)C2(C#N)CC3CCC2O3)s1. The molecule has 1 aromatic rings. The lowest BCUT2D eigenvalue weighted by Gasteiger charge is -2.32. The van der Waals surface area contributed by atoms with Gasteiger partial charge in [-0.05, 0) is 37.8 Å². The first-order chi connectivity index (χ1) is 8.69. The van der Waals surface area contributed by atoms with Crippen LogP contribution in [0.1, 0.15) is 42.0 Å². The predicted octanol–water partition coefficient (Wildman–Crippen LogP) is 2.81. The first-order valence-corrected chi connectivity index (χ1v) is 7.34. The van der Waals surface area contributed by atoms with Crippen molar-refractivity contribution in [2.24, 2.45) is 5.41 Å². The van der Waals surface area contributed by atoms with Crippen molar-refractivity contribution in [3.8, 4) is 6.07 Å². The third-order valence-electron chi connectivity index (χ3n) is 4.24. The van der Waals surface area contributed by atoms with Gasteiger partial charge in [-0.1, -0.05) is 6.92 Å². The third kappa shape index (κ3) is 1.62. The predicted molar refractivity (Wildman–Crippen MR) is 69.2 cm³/mol.